The maximum absolute atomic E-state index is 17.2. The molecule has 2 aromatic carbocycles. The average molecular weight is 625 g/mol. The van der Waals surface area contributed by atoms with Gasteiger partial charge in [0.2, 0.25) is 5.91 Å². The predicted octanol–water partition coefficient (Wildman–Crippen LogP) is 5.28. The number of hydrogen-bond acceptors (Lipinski definition) is 7. The van der Waals surface area contributed by atoms with Crippen LogP contribution in [0.5, 0.6) is 5.75 Å². The third-order valence-corrected chi connectivity index (χ3v) is 8.57. The first-order valence-corrected chi connectivity index (χ1v) is 14.4. The summed E-state index contributed by atoms with van der Waals surface area (Å²) in [5.74, 6) is -5.07. The van der Waals surface area contributed by atoms with Gasteiger partial charge in [0, 0.05) is 37.9 Å². The van der Waals surface area contributed by atoms with Crippen LogP contribution in [-0.2, 0) is 4.79 Å². The van der Waals surface area contributed by atoms with E-state index >= 15 is 8.78 Å². The lowest BCUT2D eigenvalue weighted by molar-refractivity contribution is -0.126. The summed E-state index contributed by atoms with van der Waals surface area (Å²) in [5, 5.41) is 13.7. The minimum Gasteiger partial charge on any atom is -0.507 e. The quantitative estimate of drug-likeness (QED) is 0.298. The number of nitrogens with one attached hydrogen (secondary N) is 1. The third kappa shape index (κ3) is 4.38. The maximum atomic E-state index is 17.2. The summed E-state index contributed by atoms with van der Waals surface area (Å²) in [7, 11) is 0. The van der Waals surface area contributed by atoms with Crippen molar-refractivity contribution in [3.05, 3.63) is 81.3 Å². The summed E-state index contributed by atoms with van der Waals surface area (Å²) in [5.41, 5.74) is -1.07. The number of nitrogens with zero attached hydrogens (tertiary/aromatic N) is 5. The number of phenols is 1. The molecule has 2 N–H and O–H groups in total. The first-order chi connectivity index (χ1) is 21.0. The van der Waals surface area contributed by atoms with Crippen LogP contribution in [0, 0.1) is 24.4 Å². The molecule has 1 fully saturated rings. The number of rotatable bonds is 4. The topological polar surface area (TPSA) is 104 Å². The van der Waals surface area contributed by atoms with Gasteiger partial charge < -0.3 is 20.2 Å². The highest BCUT2D eigenvalue weighted by Gasteiger charge is 2.38. The number of halogens is 4. The van der Waals surface area contributed by atoms with Crippen molar-refractivity contribution in [3.8, 4) is 22.6 Å². The van der Waals surface area contributed by atoms with Gasteiger partial charge in [0.15, 0.2) is 17.5 Å². The largest absolute Gasteiger partial charge is 0.507 e. The van der Waals surface area contributed by atoms with Crippen LogP contribution in [0.1, 0.15) is 31.0 Å². The summed E-state index contributed by atoms with van der Waals surface area (Å²) in [4.78, 5) is 38.8. The van der Waals surface area contributed by atoms with Crippen LogP contribution in [0.15, 0.2) is 41.8 Å². The fourth-order valence-corrected chi connectivity index (χ4v) is 6.46. The smallest absolute Gasteiger partial charge is 0.354 e. The zero-order chi connectivity index (χ0) is 31.6. The number of carbonyl (C=O) groups excluding carboxylic acids is 1. The van der Waals surface area contributed by atoms with E-state index in [1.807, 2.05) is 18.7 Å². The molecule has 228 valence electrons. The molecule has 6 rings (SSSR count). The van der Waals surface area contributed by atoms with Crippen molar-refractivity contribution >= 4 is 39.9 Å². The monoisotopic (exact) mass is 624 g/mol. The van der Waals surface area contributed by atoms with Crippen LogP contribution in [0.4, 0.5) is 24.7 Å². The lowest BCUT2D eigenvalue weighted by Crippen LogP contribution is -2.57. The number of piperazine rings is 1. The van der Waals surface area contributed by atoms with Crippen molar-refractivity contribution in [1.82, 2.24) is 19.4 Å². The van der Waals surface area contributed by atoms with Gasteiger partial charge in [-0.1, -0.05) is 32.0 Å². The normalized spacial score (nSPS) is 16.1. The molecule has 1 amide bonds. The molecule has 2 aliphatic heterocycles. The molecular weight excluding hydrogens is 597 g/mol. The Kier molecular flexibility index (Phi) is 7.27. The molecule has 0 radical (unpaired) electrons. The van der Waals surface area contributed by atoms with Gasteiger partial charge in [-0.3, -0.25) is 14.3 Å². The third-order valence-electron chi connectivity index (χ3n) is 8.20. The van der Waals surface area contributed by atoms with Gasteiger partial charge in [0.25, 0.3) is 0 Å². The van der Waals surface area contributed by atoms with Crippen LogP contribution in [0.2, 0.25) is 5.02 Å². The highest BCUT2D eigenvalue weighted by Crippen LogP contribution is 2.49. The Bertz CT molecular complexity index is 1950. The van der Waals surface area contributed by atoms with Gasteiger partial charge in [-0.05, 0) is 42.7 Å². The van der Waals surface area contributed by atoms with Crippen molar-refractivity contribution < 1.29 is 23.1 Å². The average Bonchev–Trinajstić information content (AvgIpc) is 3.15. The highest BCUT2D eigenvalue weighted by molar-refractivity contribution is 6.38. The molecule has 1 saturated heterocycles. The van der Waals surface area contributed by atoms with Crippen LogP contribution in [0.25, 0.3) is 27.7 Å². The molecule has 0 spiro atoms. The molecule has 4 aromatic rings. The van der Waals surface area contributed by atoms with Crippen LogP contribution in [-0.4, -0.2) is 62.7 Å². The summed E-state index contributed by atoms with van der Waals surface area (Å²) >= 11 is 6.83. The van der Waals surface area contributed by atoms with E-state index in [1.165, 1.54) is 6.08 Å². The number of benzene rings is 2. The fraction of sp³-hybridized carbons (Fsp3) is 0.290. The van der Waals surface area contributed by atoms with E-state index in [9.17, 15) is 19.1 Å². The summed E-state index contributed by atoms with van der Waals surface area (Å²) in [6, 6.07) is 2.87. The molecule has 0 saturated carbocycles. The molecule has 9 nitrogen and oxygen atoms in total. The number of anilines is 2. The highest BCUT2D eigenvalue weighted by atomic mass is 35.5. The van der Waals surface area contributed by atoms with Gasteiger partial charge in [0.05, 0.1) is 39.1 Å². The van der Waals surface area contributed by atoms with E-state index < -0.39 is 46.1 Å². The van der Waals surface area contributed by atoms with Crippen molar-refractivity contribution in [2.45, 2.75) is 32.7 Å². The van der Waals surface area contributed by atoms with Crippen LogP contribution < -0.4 is 15.9 Å². The van der Waals surface area contributed by atoms with Crippen LogP contribution >= 0.6 is 11.6 Å². The summed E-state index contributed by atoms with van der Waals surface area (Å²) in [6.07, 6.45) is 2.80. The molecule has 1 unspecified atom stereocenters. The molecule has 4 heterocycles. The number of phenolic OH excluding ortho intramolecular Hbond substituents is 1. The van der Waals surface area contributed by atoms with Crippen LogP contribution in [0.3, 0.4) is 0 Å². The van der Waals surface area contributed by atoms with Gasteiger partial charge in [-0.2, -0.15) is 4.98 Å². The minimum absolute atomic E-state index is 0.112. The number of fused-ring (bicyclic) bond motifs is 2. The number of hydrogen-bond donors (Lipinski definition) is 2. The Morgan fingerprint density at radius 1 is 1.18 bits per heavy atom. The standard InChI is InChI=1S/C31H28ClF3N6O3/c1-5-19(43)39-10-11-40-16(13-39)12-37-27-22-29(25(35)21(23(27)32)20-18(42)7-6-17(33)24(20)34)41(31(44)38-30(22)40)28-15(4)8-9-36-26(28)14(2)3/h5-9,14,16,37,42H,1,10-13H2,2-4H3. The number of aryl methyl sites for hydroxylation is 1. The fourth-order valence-electron chi connectivity index (χ4n) is 6.12. The number of amides is 1. The first-order valence-electron chi connectivity index (χ1n) is 14.0. The summed E-state index contributed by atoms with van der Waals surface area (Å²) < 4.78 is 48.1. The Morgan fingerprint density at radius 3 is 2.64 bits per heavy atom. The minimum atomic E-state index is -1.51. The molecule has 2 aliphatic rings. The van der Waals surface area contributed by atoms with Crippen molar-refractivity contribution in [3.63, 3.8) is 0 Å². The Hall–Kier alpha value is -4.58. The summed E-state index contributed by atoms with van der Waals surface area (Å²) in [6.45, 7) is 10.0. The molecule has 1 atom stereocenters. The Labute approximate surface area is 255 Å². The van der Waals surface area contributed by atoms with Crippen molar-refractivity contribution in [2.24, 2.45) is 0 Å². The molecular formula is C31H28ClF3N6O3. The Balaban J connectivity index is 1.77. The second kappa shape index (κ2) is 10.8. The zero-order valence-corrected chi connectivity index (χ0v) is 24.8. The number of aromatic nitrogens is 3. The van der Waals surface area contributed by atoms with E-state index in [-0.39, 0.29) is 64.6 Å². The Morgan fingerprint density at radius 2 is 1.93 bits per heavy atom. The molecule has 2 aromatic heterocycles. The van der Waals surface area contributed by atoms with Gasteiger partial charge in [-0.25, -0.2) is 18.0 Å². The van der Waals surface area contributed by atoms with Crippen molar-refractivity contribution in [1.29, 1.82) is 0 Å². The first kappa shape index (κ1) is 29.5. The second-order valence-corrected chi connectivity index (χ2v) is 11.5. The molecule has 0 aliphatic carbocycles. The van der Waals surface area contributed by atoms with E-state index in [4.69, 9.17) is 11.6 Å². The maximum Gasteiger partial charge on any atom is 0.354 e. The number of carbonyl (C=O) groups is 1. The number of aromatic hydroxyl groups is 1. The molecule has 13 heteroatoms. The molecule has 44 heavy (non-hydrogen) atoms. The SMILES string of the molecule is C=CC(=O)N1CCN2c3nc(=O)n(-c4c(C)ccnc4C(C)C)c4c(F)c(-c5c(O)ccc(F)c5F)c(Cl)c(c34)NCC2C1. The zero-order valence-electron chi connectivity index (χ0n) is 24.1. The van der Waals surface area contributed by atoms with Gasteiger partial charge in [-0.15, -0.1) is 0 Å². The predicted molar refractivity (Wildman–Crippen MR) is 162 cm³/mol. The molecule has 0 bridgehead atoms. The lowest BCUT2D eigenvalue weighted by atomic mass is 9.98. The van der Waals surface area contributed by atoms with Gasteiger partial charge >= 0.3 is 5.69 Å². The van der Waals surface area contributed by atoms with E-state index in [1.54, 1.807) is 24.1 Å². The van der Waals surface area contributed by atoms with E-state index in [0.29, 0.717) is 23.9 Å². The van der Waals surface area contributed by atoms with Crippen molar-refractivity contribution in [2.75, 3.05) is 36.4 Å². The van der Waals surface area contributed by atoms with Gasteiger partial charge in [0.1, 0.15) is 17.1 Å². The van der Waals surface area contributed by atoms with E-state index in [0.717, 1.165) is 10.6 Å². The van der Waals surface area contributed by atoms with E-state index in [2.05, 4.69) is 21.9 Å². The lowest BCUT2D eigenvalue weighted by Gasteiger charge is -2.41. The number of pyridine rings is 1. The second-order valence-electron chi connectivity index (χ2n) is 11.1.